The van der Waals surface area contributed by atoms with E-state index in [9.17, 15) is 0 Å². The van der Waals surface area contributed by atoms with Crippen molar-refractivity contribution in [2.24, 2.45) is 12.9 Å². The molecule has 4 nitrogen and oxygen atoms in total. The summed E-state index contributed by atoms with van der Waals surface area (Å²) < 4.78 is 1.84. The van der Waals surface area contributed by atoms with Gasteiger partial charge in [0.25, 0.3) is 0 Å². The fraction of sp³-hybridized carbons (Fsp3) is 0.400. The van der Waals surface area contributed by atoms with E-state index < -0.39 is 0 Å². The van der Waals surface area contributed by atoms with Crippen LogP contribution >= 0.6 is 0 Å². The zero-order valence-electron chi connectivity index (χ0n) is 11.2. The Morgan fingerprint density at radius 2 is 2.11 bits per heavy atom. The van der Waals surface area contributed by atoms with Crippen molar-refractivity contribution < 1.29 is 0 Å². The molecule has 100 valence electrons. The van der Waals surface area contributed by atoms with Crippen molar-refractivity contribution >= 4 is 0 Å². The quantitative estimate of drug-likeness (QED) is 0.630. The van der Waals surface area contributed by atoms with Gasteiger partial charge in [-0.15, -0.1) is 0 Å². The fourth-order valence-electron chi connectivity index (χ4n) is 2.97. The molecule has 0 spiro atoms. The van der Waals surface area contributed by atoms with Crippen LogP contribution < -0.4 is 11.3 Å². The summed E-state index contributed by atoms with van der Waals surface area (Å²) in [6, 6.07) is 11.0. The van der Waals surface area contributed by atoms with Crippen molar-refractivity contribution in [3.05, 3.63) is 53.9 Å². The van der Waals surface area contributed by atoms with Crippen molar-refractivity contribution in [2.75, 3.05) is 0 Å². The summed E-state index contributed by atoms with van der Waals surface area (Å²) >= 11 is 0. The van der Waals surface area contributed by atoms with Crippen LogP contribution in [0.1, 0.15) is 24.0 Å². The number of nitrogens with two attached hydrogens (primary N) is 1. The molecular weight excluding hydrogens is 236 g/mol. The lowest BCUT2D eigenvalue weighted by molar-refractivity contribution is 0.420. The van der Waals surface area contributed by atoms with Gasteiger partial charge in [-0.05, 0) is 30.4 Å². The van der Waals surface area contributed by atoms with Gasteiger partial charge in [0.2, 0.25) is 0 Å². The predicted molar refractivity (Wildman–Crippen MR) is 75.4 cm³/mol. The first kappa shape index (κ1) is 12.4. The number of hydrogen-bond acceptors (Lipinski definition) is 3. The van der Waals surface area contributed by atoms with Gasteiger partial charge in [-0.3, -0.25) is 16.0 Å². The van der Waals surface area contributed by atoms with Crippen LogP contribution in [0.5, 0.6) is 0 Å². The monoisotopic (exact) mass is 256 g/mol. The second-order valence-corrected chi connectivity index (χ2v) is 5.47. The molecule has 1 fully saturated rings. The Hall–Kier alpha value is -1.65. The molecule has 0 saturated heterocycles. The number of aromatic nitrogens is 2. The minimum atomic E-state index is 0.200. The third kappa shape index (κ3) is 2.29. The molecule has 3 rings (SSSR count). The van der Waals surface area contributed by atoms with Crippen LogP contribution in [0.25, 0.3) is 0 Å². The van der Waals surface area contributed by atoms with E-state index in [1.807, 2.05) is 17.9 Å². The first-order valence-corrected chi connectivity index (χ1v) is 6.74. The van der Waals surface area contributed by atoms with Gasteiger partial charge in [0.05, 0.1) is 6.20 Å². The van der Waals surface area contributed by atoms with Gasteiger partial charge >= 0.3 is 0 Å². The summed E-state index contributed by atoms with van der Waals surface area (Å²) in [5.41, 5.74) is 5.84. The fourth-order valence-corrected chi connectivity index (χ4v) is 2.97. The molecule has 0 amide bonds. The van der Waals surface area contributed by atoms with Gasteiger partial charge in [-0.1, -0.05) is 30.3 Å². The van der Waals surface area contributed by atoms with Gasteiger partial charge in [0.1, 0.15) is 0 Å². The van der Waals surface area contributed by atoms with Gasteiger partial charge < -0.3 is 0 Å². The lowest BCUT2D eigenvalue weighted by atomic mass is 9.85. The number of hydrazine groups is 1. The van der Waals surface area contributed by atoms with Gasteiger partial charge in [-0.25, -0.2) is 0 Å². The maximum atomic E-state index is 5.81. The lowest BCUT2D eigenvalue weighted by Gasteiger charge is -2.26. The summed E-state index contributed by atoms with van der Waals surface area (Å²) in [5, 5.41) is 4.23. The average molecular weight is 256 g/mol. The van der Waals surface area contributed by atoms with Crippen LogP contribution in [-0.2, 0) is 18.9 Å². The molecule has 19 heavy (non-hydrogen) atoms. The number of aryl methyl sites for hydroxylation is 1. The highest BCUT2D eigenvalue weighted by Gasteiger charge is 2.50. The molecule has 1 aromatic heterocycles. The smallest absolute Gasteiger partial charge is 0.0522 e. The number of rotatable bonds is 5. The zero-order valence-corrected chi connectivity index (χ0v) is 11.2. The first-order valence-electron chi connectivity index (χ1n) is 6.74. The van der Waals surface area contributed by atoms with Gasteiger partial charge in [0, 0.05) is 24.7 Å². The molecule has 1 saturated carbocycles. The predicted octanol–water partition coefficient (Wildman–Crippen LogP) is 1.53. The summed E-state index contributed by atoms with van der Waals surface area (Å²) in [7, 11) is 1.94. The van der Waals surface area contributed by atoms with Crippen LogP contribution in [0.4, 0.5) is 0 Å². The molecule has 0 bridgehead atoms. The van der Waals surface area contributed by atoms with Crippen LogP contribution in [-0.4, -0.2) is 15.8 Å². The molecule has 1 aromatic carbocycles. The second kappa shape index (κ2) is 4.79. The van der Waals surface area contributed by atoms with Gasteiger partial charge in [-0.2, -0.15) is 5.10 Å². The normalized spacial score (nSPS) is 18.2. The third-order valence-corrected chi connectivity index (χ3v) is 4.20. The van der Waals surface area contributed by atoms with E-state index in [1.165, 1.54) is 24.0 Å². The SMILES string of the molecule is Cn1cc(CC(NN)C2(c3ccccc3)CC2)cn1. The lowest BCUT2D eigenvalue weighted by Crippen LogP contribution is -2.45. The van der Waals surface area contributed by atoms with Crippen LogP contribution in [0.3, 0.4) is 0 Å². The second-order valence-electron chi connectivity index (χ2n) is 5.47. The molecule has 4 heteroatoms. The zero-order chi connectivity index (χ0) is 13.3. The molecule has 2 aromatic rings. The standard InChI is InChI=1S/C15H20N4/c1-19-11-12(10-17-19)9-14(18-16)15(7-8-15)13-5-3-2-4-6-13/h2-6,10-11,14,18H,7-9,16H2,1H3. The number of benzene rings is 1. The van der Waals surface area contributed by atoms with Crippen molar-refractivity contribution in [3.8, 4) is 0 Å². The maximum absolute atomic E-state index is 5.81. The van der Waals surface area contributed by atoms with E-state index in [4.69, 9.17) is 5.84 Å². The Balaban J connectivity index is 1.82. The first-order chi connectivity index (χ1) is 9.24. The average Bonchev–Trinajstić information content (AvgIpc) is 3.15. The summed E-state index contributed by atoms with van der Waals surface area (Å²) in [6.45, 7) is 0. The van der Waals surface area contributed by atoms with Crippen molar-refractivity contribution in [1.29, 1.82) is 0 Å². The Kier molecular flexibility index (Phi) is 3.12. The van der Waals surface area contributed by atoms with Crippen LogP contribution in [0, 0.1) is 0 Å². The number of nitrogens with zero attached hydrogens (tertiary/aromatic N) is 2. The molecule has 0 radical (unpaired) electrons. The Morgan fingerprint density at radius 1 is 1.37 bits per heavy atom. The summed E-state index contributed by atoms with van der Waals surface area (Å²) in [5.74, 6) is 5.81. The van der Waals surface area contributed by atoms with E-state index in [2.05, 4.69) is 47.1 Å². The molecule has 1 unspecified atom stereocenters. The molecule has 1 heterocycles. The van der Waals surface area contributed by atoms with Crippen molar-refractivity contribution in [2.45, 2.75) is 30.7 Å². The topological polar surface area (TPSA) is 55.9 Å². The molecular formula is C15H20N4. The molecule has 1 aliphatic carbocycles. The van der Waals surface area contributed by atoms with E-state index in [0.717, 1.165) is 6.42 Å². The van der Waals surface area contributed by atoms with E-state index >= 15 is 0 Å². The van der Waals surface area contributed by atoms with Crippen LogP contribution in [0.15, 0.2) is 42.7 Å². The Bertz CT molecular complexity index is 542. The number of nitrogens with one attached hydrogen (secondary N) is 1. The van der Waals surface area contributed by atoms with Gasteiger partial charge in [0.15, 0.2) is 0 Å². The van der Waals surface area contributed by atoms with Crippen LogP contribution in [0.2, 0.25) is 0 Å². The van der Waals surface area contributed by atoms with Crippen molar-refractivity contribution in [1.82, 2.24) is 15.2 Å². The maximum Gasteiger partial charge on any atom is 0.0522 e. The molecule has 0 aliphatic heterocycles. The van der Waals surface area contributed by atoms with E-state index in [-0.39, 0.29) is 11.5 Å². The Morgan fingerprint density at radius 3 is 2.63 bits per heavy atom. The highest BCUT2D eigenvalue weighted by Crippen LogP contribution is 2.51. The highest BCUT2D eigenvalue weighted by molar-refractivity contribution is 5.34. The summed E-state index contributed by atoms with van der Waals surface area (Å²) in [4.78, 5) is 0. The Labute approximate surface area is 113 Å². The minimum Gasteiger partial charge on any atom is -0.276 e. The van der Waals surface area contributed by atoms with E-state index in [1.54, 1.807) is 0 Å². The third-order valence-electron chi connectivity index (χ3n) is 4.20. The number of hydrogen-bond donors (Lipinski definition) is 2. The largest absolute Gasteiger partial charge is 0.276 e. The minimum absolute atomic E-state index is 0.200. The highest BCUT2D eigenvalue weighted by atomic mass is 15.3. The molecule has 1 atom stereocenters. The van der Waals surface area contributed by atoms with E-state index in [0.29, 0.717) is 0 Å². The molecule has 3 N–H and O–H groups in total. The molecule has 1 aliphatic rings. The summed E-state index contributed by atoms with van der Waals surface area (Å²) in [6.07, 6.45) is 7.30. The van der Waals surface area contributed by atoms with Crippen molar-refractivity contribution in [3.63, 3.8) is 0 Å².